The molecule has 1 aliphatic heterocycles. The van der Waals surface area contributed by atoms with Gasteiger partial charge in [0.05, 0.1) is 12.0 Å². The second-order valence-electron chi connectivity index (χ2n) is 7.07. The van der Waals surface area contributed by atoms with Crippen LogP contribution in [0.3, 0.4) is 0 Å². The molecule has 2 aromatic rings. The number of rotatable bonds is 5. The van der Waals surface area contributed by atoms with Gasteiger partial charge in [-0.3, -0.25) is 10.1 Å². The number of piperidine rings is 1. The molecule has 0 amide bonds. The fourth-order valence-corrected chi connectivity index (χ4v) is 3.58. The number of nitro groups is 1. The molecular formula is C18H24N6O3. The van der Waals surface area contributed by atoms with Crippen molar-refractivity contribution in [2.24, 2.45) is 11.8 Å². The number of nitrogens with one attached hydrogen (secondary N) is 1. The molecule has 1 aromatic heterocycles. The van der Waals surface area contributed by atoms with E-state index in [1.807, 2.05) is 23.1 Å². The van der Waals surface area contributed by atoms with Gasteiger partial charge in [0.2, 0.25) is 17.6 Å². The summed E-state index contributed by atoms with van der Waals surface area (Å²) in [6.07, 6.45) is 1.08. The molecule has 1 saturated heterocycles. The van der Waals surface area contributed by atoms with Crippen molar-refractivity contribution < 1.29 is 9.66 Å². The first-order chi connectivity index (χ1) is 12.9. The molecule has 27 heavy (non-hydrogen) atoms. The molecule has 0 aliphatic carbocycles. The van der Waals surface area contributed by atoms with Crippen LogP contribution in [0, 0.1) is 22.0 Å². The van der Waals surface area contributed by atoms with Crippen molar-refractivity contribution in [3.8, 4) is 5.75 Å². The van der Waals surface area contributed by atoms with Crippen molar-refractivity contribution >= 4 is 29.0 Å². The van der Waals surface area contributed by atoms with E-state index < -0.39 is 4.92 Å². The third kappa shape index (κ3) is 4.18. The quantitative estimate of drug-likeness (QED) is 0.606. The number of nitrogen functional groups attached to an aromatic ring is 1. The molecule has 0 unspecified atom stereocenters. The number of hydrogen-bond acceptors (Lipinski definition) is 8. The van der Waals surface area contributed by atoms with Crippen LogP contribution >= 0.6 is 0 Å². The largest absolute Gasteiger partial charge is 0.497 e. The van der Waals surface area contributed by atoms with Gasteiger partial charge in [-0.1, -0.05) is 19.9 Å². The number of anilines is 4. The first-order valence-corrected chi connectivity index (χ1v) is 8.85. The minimum atomic E-state index is -0.510. The number of benzene rings is 1. The lowest BCUT2D eigenvalue weighted by atomic mass is 9.92. The second kappa shape index (κ2) is 7.65. The van der Waals surface area contributed by atoms with Gasteiger partial charge in [-0.15, -0.1) is 0 Å². The molecule has 0 spiro atoms. The number of nitrogens with two attached hydrogens (primary N) is 1. The molecule has 0 saturated carbocycles. The van der Waals surface area contributed by atoms with E-state index in [0.29, 0.717) is 36.4 Å². The number of methoxy groups -OCH3 is 1. The van der Waals surface area contributed by atoms with Crippen LogP contribution in [0.2, 0.25) is 0 Å². The van der Waals surface area contributed by atoms with Gasteiger partial charge in [0, 0.05) is 24.8 Å². The first kappa shape index (κ1) is 18.7. The Kier molecular flexibility index (Phi) is 5.29. The Hall–Kier alpha value is -3.10. The highest BCUT2D eigenvalue weighted by Gasteiger charge is 2.31. The van der Waals surface area contributed by atoms with Crippen LogP contribution in [0.25, 0.3) is 0 Å². The van der Waals surface area contributed by atoms with Crippen molar-refractivity contribution in [2.45, 2.75) is 20.3 Å². The van der Waals surface area contributed by atoms with Crippen molar-refractivity contribution in [3.05, 3.63) is 34.4 Å². The van der Waals surface area contributed by atoms with Crippen LogP contribution in [-0.4, -0.2) is 35.1 Å². The van der Waals surface area contributed by atoms with Crippen LogP contribution in [0.1, 0.15) is 20.3 Å². The lowest BCUT2D eigenvalue weighted by Crippen LogP contribution is -2.39. The molecule has 144 valence electrons. The summed E-state index contributed by atoms with van der Waals surface area (Å²) in [7, 11) is 1.58. The lowest BCUT2D eigenvalue weighted by molar-refractivity contribution is -0.383. The SMILES string of the molecule is COc1cccc(Nc2nc(N)c([N+](=O)[O-])c(N3C[C@H](C)C[C@@H](C)C3)n2)c1. The number of hydrogen-bond donors (Lipinski definition) is 2. The molecular weight excluding hydrogens is 348 g/mol. The average Bonchev–Trinajstić information content (AvgIpc) is 2.60. The second-order valence-corrected chi connectivity index (χ2v) is 7.07. The maximum absolute atomic E-state index is 11.6. The number of ether oxygens (including phenoxy) is 1. The Morgan fingerprint density at radius 2 is 2.00 bits per heavy atom. The Morgan fingerprint density at radius 3 is 2.63 bits per heavy atom. The van der Waals surface area contributed by atoms with Gasteiger partial charge in [0.15, 0.2) is 0 Å². The lowest BCUT2D eigenvalue weighted by Gasteiger charge is -2.35. The Labute approximate surface area is 157 Å². The van der Waals surface area contributed by atoms with Crippen molar-refractivity contribution in [3.63, 3.8) is 0 Å². The zero-order chi connectivity index (χ0) is 19.6. The van der Waals surface area contributed by atoms with E-state index >= 15 is 0 Å². The average molecular weight is 372 g/mol. The Balaban J connectivity index is 1.99. The molecule has 0 radical (unpaired) electrons. The molecule has 1 aliphatic rings. The molecule has 9 nitrogen and oxygen atoms in total. The van der Waals surface area contributed by atoms with Crippen molar-refractivity contribution in [1.82, 2.24) is 9.97 Å². The van der Waals surface area contributed by atoms with E-state index in [9.17, 15) is 10.1 Å². The zero-order valence-corrected chi connectivity index (χ0v) is 15.7. The van der Waals surface area contributed by atoms with Gasteiger partial charge < -0.3 is 20.7 Å². The summed E-state index contributed by atoms with van der Waals surface area (Å²) < 4.78 is 5.21. The molecule has 9 heteroatoms. The van der Waals surface area contributed by atoms with E-state index in [4.69, 9.17) is 10.5 Å². The van der Waals surface area contributed by atoms with E-state index in [-0.39, 0.29) is 23.3 Å². The van der Waals surface area contributed by atoms with Gasteiger partial charge in [-0.25, -0.2) is 0 Å². The molecule has 3 N–H and O–H groups in total. The molecule has 1 fully saturated rings. The van der Waals surface area contributed by atoms with Crippen LogP contribution in [0.15, 0.2) is 24.3 Å². The van der Waals surface area contributed by atoms with Gasteiger partial charge >= 0.3 is 5.69 Å². The summed E-state index contributed by atoms with van der Waals surface area (Å²) in [5.41, 5.74) is 6.38. The van der Waals surface area contributed by atoms with Crippen molar-refractivity contribution in [2.75, 3.05) is 36.1 Å². The predicted octanol–water partition coefficient (Wildman–Crippen LogP) is 3.20. The summed E-state index contributed by atoms with van der Waals surface area (Å²) in [5, 5.41) is 14.6. The van der Waals surface area contributed by atoms with Crippen LogP contribution in [-0.2, 0) is 0 Å². The summed E-state index contributed by atoms with van der Waals surface area (Å²) in [4.78, 5) is 21.5. The van der Waals surface area contributed by atoms with Crippen molar-refractivity contribution in [1.29, 1.82) is 0 Å². The van der Waals surface area contributed by atoms with Gasteiger partial charge in [0.1, 0.15) is 5.75 Å². The van der Waals surface area contributed by atoms with Gasteiger partial charge in [-0.2, -0.15) is 9.97 Å². The highest BCUT2D eigenvalue weighted by atomic mass is 16.6. The summed E-state index contributed by atoms with van der Waals surface area (Å²) >= 11 is 0. The third-order valence-electron chi connectivity index (χ3n) is 4.57. The summed E-state index contributed by atoms with van der Waals surface area (Å²) in [6.45, 7) is 5.66. The minimum Gasteiger partial charge on any atom is -0.497 e. The normalized spacial score (nSPS) is 19.6. The maximum atomic E-state index is 11.6. The Morgan fingerprint density at radius 1 is 1.30 bits per heavy atom. The van der Waals surface area contributed by atoms with Crippen LogP contribution < -0.4 is 20.7 Å². The molecule has 2 heterocycles. The van der Waals surface area contributed by atoms with Gasteiger partial charge in [-0.05, 0) is 30.4 Å². The fraction of sp³-hybridized carbons (Fsp3) is 0.444. The number of nitrogens with zero attached hydrogens (tertiary/aromatic N) is 4. The first-order valence-electron chi connectivity index (χ1n) is 8.85. The highest BCUT2D eigenvalue weighted by Crippen LogP contribution is 2.36. The summed E-state index contributed by atoms with van der Waals surface area (Å²) in [5.74, 6) is 1.83. The maximum Gasteiger partial charge on any atom is 0.353 e. The van der Waals surface area contributed by atoms with E-state index in [1.54, 1.807) is 13.2 Å². The molecule has 3 rings (SSSR count). The number of aromatic nitrogens is 2. The van der Waals surface area contributed by atoms with E-state index in [0.717, 1.165) is 6.42 Å². The minimum absolute atomic E-state index is 0.152. The van der Waals surface area contributed by atoms with Gasteiger partial charge in [0.25, 0.3) is 0 Å². The molecule has 2 atom stereocenters. The fourth-order valence-electron chi connectivity index (χ4n) is 3.58. The standard InChI is InChI=1S/C18H24N6O3/c1-11-7-12(2)10-23(9-11)17-15(24(25)26)16(19)21-18(22-17)20-13-5-4-6-14(8-13)27-3/h4-6,8,11-12H,7,9-10H2,1-3H3,(H3,19,20,21,22)/t11-,12-/m1/s1. The van der Waals surface area contributed by atoms with Crippen LogP contribution in [0.5, 0.6) is 5.75 Å². The predicted molar refractivity (Wildman–Crippen MR) is 105 cm³/mol. The van der Waals surface area contributed by atoms with E-state index in [2.05, 4.69) is 29.1 Å². The summed E-state index contributed by atoms with van der Waals surface area (Å²) in [6, 6.07) is 7.25. The monoisotopic (exact) mass is 372 g/mol. The smallest absolute Gasteiger partial charge is 0.353 e. The zero-order valence-electron chi connectivity index (χ0n) is 15.7. The highest BCUT2D eigenvalue weighted by molar-refractivity contribution is 5.72. The topological polar surface area (TPSA) is 119 Å². The third-order valence-corrected chi connectivity index (χ3v) is 4.57. The van der Waals surface area contributed by atoms with Crippen LogP contribution in [0.4, 0.5) is 29.0 Å². The molecule has 1 aromatic carbocycles. The Bertz CT molecular complexity index is 834. The van der Waals surface area contributed by atoms with E-state index in [1.165, 1.54) is 0 Å². The molecule has 0 bridgehead atoms.